The van der Waals surface area contributed by atoms with E-state index in [9.17, 15) is 13.6 Å². The molecule has 0 aliphatic rings. The lowest BCUT2D eigenvalue weighted by atomic mass is 9.93. The maximum atomic E-state index is 13.3. The molecule has 0 fully saturated rings. The Labute approximate surface area is 92.9 Å². The topological polar surface area (TPSA) is 37.3 Å². The van der Waals surface area contributed by atoms with Gasteiger partial charge < -0.3 is 5.11 Å². The molecule has 0 radical (unpaired) electrons. The number of halogens is 2. The lowest BCUT2D eigenvalue weighted by Crippen LogP contribution is -2.14. The Hall–Kier alpha value is -1.45. The molecule has 4 heteroatoms. The summed E-state index contributed by atoms with van der Waals surface area (Å²) in [4.78, 5) is 10.7. The Balaban J connectivity index is 3.17. The first-order valence-corrected chi connectivity index (χ1v) is 5.01. The third-order valence-corrected chi connectivity index (χ3v) is 2.81. The van der Waals surface area contributed by atoms with Crippen molar-refractivity contribution < 1.29 is 18.7 Å². The van der Waals surface area contributed by atoms with Gasteiger partial charge in [0.15, 0.2) is 0 Å². The van der Waals surface area contributed by atoms with E-state index in [1.807, 2.05) is 0 Å². The van der Waals surface area contributed by atoms with Gasteiger partial charge in [0, 0.05) is 6.07 Å². The fraction of sp³-hybridized carbons (Fsp3) is 0.417. The second-order valence-electron chi connectivity index (χ2n) is 4.01. The van der Waals surface area contributed by atoms with E-state index >= 15 is 0 Å². The van der Waals surface area contributed by atoms with Gasteiger partial charge in [0.25, 0.3) is 0 Å². The lowest BCUT2D eigenvalue weighted by Gasteiger charge is -2.13. The summed E-state index contributed by atoms with van der Waals surface area (Å²) in [6.45, 7) is 4.58. The fourth-order valence-electron chi connectivity index (χ4n) is 1.60. The molecular weight excluding hydrogens is 214 g/mol. The van der Waals surface area contributed by atoms with Crippen LogP contribution in [0.3, 0.4) is 0 Å². The Kier molecular flexibility index (Phi) is 3.62. The molecule has 16 heavy (non-hydrogen) atoms. The lowest BCUT2D eigenvalue weighted by molar-refractivity contribution is -0.141. The fourth-order valence-corrected chi connectivity index (χ4v) is 1.60. The van der Waals surface area contributed by atoms with Crippen molar-refractivity contribution in [3.63, 3.8) is 0 Å². The minimum Gasteiger partial charge on any atom is -0.481 e. The molecule has 88 valence electrons. The number of carbonyl (C=O) groups is 1. The van der Waals surface area contributed by atoms with Crippen LogP contribution < -0.4 is 0 Å². The molecular formula is C12H14F2O2. The highest BCUT2D eigenvalue weighted by Gasteiger charge is 2.18. The van der Waals surface area contributed by atoms with Gasteiger partial charge in [-0.2, -0.15) is 0 Å². The summed E-state index contributed by atoms with van der Waals surface area (Å²) in [6.07, 6.45) is 0.141. The standard InChI is InChI=1S/C12H14F2O2/c1-6(12(15)16)4-9-7(2)10(13)5-11(14)8(9)3/h5-6H,4H2,1-3H3,(H,15,16). The average Bonchev–Trinajstić information content (AvgIpc) is 2.21. The zero-order chi connectivity index (χ0) is 12.5. The highest BCUT2D eigenvalue weighted by Crippen LogP contribution is 2.23. The van der Waals surface area contributed by atoms with E-state index in [1.165, 1.54) is 20.8 Å². The van der Waals surface area contributed by atoms with E-state index in [1.54, 1.807) is 0 Å². The maximum absolute atomic E-state index is 13.3. The Morgan fingerprint density at radius 1 is 1.31 bits per heavy atom. The van der Waals surface area contributed by atoms with Crippen LogP contribution in [0, 0.1) is 31.4 Å². The summed E-state index contributed by atoms with van der Waals surface area (Å²) in [5, 5.41) is 8.78. The third-order valence-electron chi connectivity index (χ3n) is 2.81. The average molecular weight is 228 g/mol. The highest BCUT2D eigenvalue weighted by atomic mass is 19.1. The molecule has 1 aromatic carbocycles. The number of rotatable bonds is 3. The first kappa shape index (κ1) is 12.6. The first-order valence-electron chi connectivity index (χ1n) is 5.01. The SMILES string of the molecule is Cc1c(F)cc(F)c(C)c1CC(C)C(=O)O. The van der Waals surface area contributed by atoms with Crippen LogP contribution in [0.5, 0.6) is 0 Å². The van der Waals surface area contributed by atoms with Crippen LogP contribution in [0.2, 0.25) is 0 Å². The number of aliphatic carboxylic acids is 1. The number of hydrogen-bond donors (Lipinski definition) is 1. The van der Waals surface area contributed by atoms with Crippen molar-refractivity contribution in [2.24, 2.45) is 5.92 Å². The smallest absolute Gasteiger partial charge is 0.306 e. The Bertz CT molecular complexity index is 401. The van der Waals surface area contributed by atoms with Gasteiger partial charge in [-0.1, -0.05) is 6.92 Å². The summed E-state index contributed by atoms with van der Waals surface area (Å²) in [7, 11) is 0. The van der Waals surface area contributed by atoms with E-state index in [0.717, 1.165) is 6.07 Å². The number of hydrogen-bond acceptors (Lipinski definition) is 1. The zero-order valence-electron chi connectivity index (χ0n) is 9.47. The van der Waals surface area contributed by atoms with Crippen LogP contribution in [-0.4, -0.2) is 11.1 Å². The van der Waals surface area contributed by atoms with Gasteiger partial charge in [-0.05, 0) is 37.0 Å². The zero-order valence-corrected chi connectivity index (χ0v) is 9.47. The number of benzene rings is 1. The van der Waals surface area contributed by atoms with Gasteiger partial charge in [-0.15, -0.1) is 0 Å². The van der Waals surface area contributed by atoms with Gasteiger partial charge >= 0.3 is 5.97 Å². The normalized spacial score (nSPS) is 12.6. The predicted octanol–water partition coefficient (Wildman–Crippen LogP) is 2.84. The van der Waals surface area contributed by atoms with Crippen LogP contribution in [0.1, 0.15) is 23.6 Å². The minimum atomic E-state index is -0.969. The minimum absolute atomic E-state index is 0.141. The van der Waals surface area contributed by atoms with Gasteiger partial charge in [0.2, 0.25) is 0 Å². The van der Waals surface area contributed by atoms with Crippen molar-refractivity contribution in [1.29, 1.82) is 0 Å². The molecule has 1 atom stereocenters. The monoisotopic (exact) mass is 228 g/mol. The van der Waals surface area contributed by atoms with Gasteiger partial charge in [-0.25, -0.2) is 8.78 Å². The molecule has 0 saturated carbocycles. The van der Waals surface area contributed by atoms with Crippen molar-refractivity contribution in [3.05, 3.63) is 34.4 Å². The summed E-state index contributed by atoms with van der Waals surface area (Å²) < 4.78 is 26.6. The van der Waals surface area contributed by atoms with Crippen LogP contribution in [0.15, 0.2) is 6.07 Å². The molecule has 0 bridgehead atoms. The second-order valence-corrected chi connectivity index (χ2v) is 4.01. The maximum Gasteiger partial charge on any atom is 0.306 e. The summed E-state index contributed by atoms with van der Waals surface area (Å²) in [6, 6.07) is 0.833. The molecule has 0 saturated heterocycles. The van der Waals surface area contributed by atoms with E-state index in [4.69, 9.17) is 5.11 Å². The second kappa shape index (κ2) is 4.60. The summed E-state index contributed by atoms with van der Waals surface area (Å²) >= 11 is 0. The highest BCUT2D eigenvalue weighted by molar-refractivity contribution is 5.70. The van der Waals surface area contributed by atoms with Crippen molar-refractivity contribution in [2.45, 2.75) is 27.2 Å². The molecule has 0 aliphatic carbocycles. The molecule has 0 spiro atoms. The molecule has 0 aliphatic heterocycles. The predicted molar refractivity (Wildman–Crippen MR) is 56.3 cm³/mol. The van der Waals surface area contributed by atoms with Crippen LogP contribution >= 0.6 is 0 Å². The van der Waals surface area contributed by atoms with Crippen LogP contribution in [-0.2, 0) is 11.2 Å². The van der Waals surface area contributed by atoms with Crippen molar-refractivity contribution in [2.75, 3.05) is 0 Å². The molecule has 1 aromatic rings. The molecule has 1 N–H and O–H groups in total. The van der Waals surface area contributed by atoms with Crippen LogP contribution in [0.4, 0.5) is 8.78 Å². The van der Waals surface area contributed by atoms with Crippen molar-refractivity contribution in [3.8, 4) is 0 Å². The van der Waals surface area contributed by atoms with E-state index in [2.05, 4.69) is 0 Å². The molecule has 0 heterocycles. The number of carboxylic acids is 1. The first-order chi connectivity index (χ1) is 7.34. The summed E-state index contributed by atoms with van der Waals surface area (Å²) in [5.41, 5.74) is 1.10. The van der Waals surface area contributed by atoms with E-state index in [-0.39, 0.29) is 6.42 Å². The quantitative estimate of drug-likeness (QED) is 0.863. The largest absolute Gasteiger partial charge is 0.481 e. The molecule has 1 unspecified atom stereocenters. The molecule has 2 nitrogen and oxygen atoms in total. The van der Waals surface area contributed by atoms with E-state index < -0.39 is 23.5 Å². The van der Waals surface area contributed by atoms with Crippen LogP contribution in [0.25, 0.3) is 0 Å². The van der Waals surface area contributed by atoms with Gasteiger partial charge in [-0.3, -0.25) is 4.79 Å². The molecule has 1 rings (SSSR count). The van der Waals surface area contributed by atoms with Gasteiger partial charge in [0.1, 0.15) is 11.6 Å². The number of carboxylic acid groups (broad SMARTS) is 1. The summed E-state index contributed by atoms with van der Waals surface area (Å²) in [5.74, 6) is -2.88. The van der Waals surface area contributed by atoms with Crippen molar-refractivity contribution in [1.82, 2.24) is 0 Å². The Morgan fingerprint density at radius 2 is 1.75 bits per heavy atom. The van der Waals surface area contributed by atoms with Gasteiger partial charge in [0.05, 0.1) is 5.92 Å². The van der Waals surface area contributed by atoms with E-state index in [0.29, 0.717) is 16.7 Å². The van der Waals surface area contributed by atoms with Crippen molar-refractivity contribution >= 4 is 5.97 Å². The third kappa shape index (κ3) is 2.38. The molecule has 0 aromatic heterocycles. The Morgan fingerprint density at radius 3 is 2.12 bits per heavy atom. The molecule has 0 amide bonds.